The molecule has 1 aliphatic rings. The van der Waals surface area contributed by atoms with Crippen molar-refractivity contribution in [3.8, 4) is 0 Å². The van der Waals surface area contributed by atoms with E-state index in [9.17, 15) is 22.8 Å². The third-order valence-electron chi connectivity index (χ3n) is 3.23. The summed E-state index contributed by atoms with van der Waals surface area (Å²) in [6.07, 6.45) is -5.31. The van der Waals surface area contributed by atoms with Gasteiger partial charge in [-0.15, -0.1) is 0 Å². The van der Waals surface area contributed by atoms with Crippen molar-refractivity contribution in [3.63, 3.8) is 0 Å². The number of hydrazone groups is 1. The number of hydrogen-bond donors (Lipinski definition) is 3. The standard InChI is InChI=1S/C14H15F3N4O3/c1-18-12(22)4-5-19-10-3-2-8(6-9(10)14(15,16)17)11-7-24-13(23)21-20-11/h2-3,6,19H,4-5,7H2,1H3,(H,18,22)(H,21,23). The highest BCUT2D eigenvalue weighted by atomic mass is 19.4. The average Bonchev–Trinajstić information content (AvgIpc) is 2.54. The van der Waals surface area contributed by atoms with Crippen LogP contribution in [-0.4, -0.2) is 37.9 Å². The van der Waals surface area contributed by atoms with E-state index in [0.29, 0.717) is 0 Å². The van der Waals surface area contributed by atoms with Gasteiger partial charge in [0.25, 0.3) is 0 Å². The van der Waals surface area contributed by atoms with Crippen molar-refractivity contribution in [2.24, 2.45) is 5.10 Å². The number of cyclic esters (lactones) is 1. The Labute approximate surface area is 135 Å². The first-order chi connectivity index (χ1) is 11.3. The summed E-state index contributed by atoms with van der Waals surface area (Å²) < 4.78 is 44.4. The highest BCUT2D eigenvalue weighted by Crippen LogP contribution is 2.35. The number of rotatable bonds is 5. The maximum absolute atomic E-state index is 13.2. The predicted octanol–water partition coefficient (Wildman–Crippen LogP) is 1.70. The lowest BCUT2D eigenvalue weighted by Crippen LogP contribution is -2.31. The van der Waals surface area contributed by atoms with E-state index in [0.717, 1.165) is 6.07 Å². The molecule has 3 N–H and O–H groups in total. The fraction of sp³-hybridized carbons (Fsp3) is 0.357. The molecule has 0 saturated carbocycles. The van der Waals surface area contributed by atoms with E-state index >= 15 is 0 Å². The molecule has 0 saturated heterocycles. The number of nitrogens with zero attached hydrogens (tertiary/aromatic N) is 1. The number of halogens is 3. The highest BCUT2D eigenvalue weighted by Gasteiger charge is 2.34. The van der Waals surface area contributed by atoms with Crippen LogP contribution in [0.2, 0.25) is 0 Å². The van der Waals surface area contributed by atoms with E-state index in [2.05, 4.69) is 20.5 Å². The number of amides is 2. The van der Waals surface area contributed by atoms with Gasteiger partial charge in [0.15, 0.2) is 0 Å². The smallest absolute Gasteiger partial charge is 0.428 e. The first-order valence-corrected chi connectivity index (χ1v) is 6.96. The lowest BCUT2D eigenvalue weighted by molar-refractivity contribution is -0.137. The Balaban J connectivity index is 2.22. The molecule has 0 aromatic heterocycles. The van der Waals surface area contributed by atoms with Crippen LogP contribution in [0.15, 0.2) is 23.3 Å². The van der Waals surface area contributed by atoms with Crippen LogP contribution in [0.5, 0.6) is 0 Å². The van der Waals surface area contributed by atoms with E-state index < -0.39 is 17.8 Å². The second-order valence-corrected chi connectivity index (χ2v) is 4.85. The van der Waals surface area contributed by atoms with Crippen molar-refractivity contribution in [3.05, 3.63) is 29.3 Å². The molecule has 0 spiro atoms. The maximum Gasteiger partial charge on any atom is 0.428 e. The normalized spacial score (nSPS) is 14.3. The zero-order valence-electron chi connectivity index (χ0n) is 12.7. The van der Waals surface area contributed by atoms with E-state index in [1.807, 2.05) is 5.43 Å². The van der Waals surface area contributed by atoms with Crippen molar-refractivity contribution >= 4 is 23.4 Å². The minimum Gasteiger partial charge on any atom is -0.442 e. The van der Waals surface area contributed by atoms with Gasteiger partial charge in [-0.2, -0.15) is 18.3 Å². The number of benzene rings is 1. The Bertz CT molecular complexity index is 674. The third-order valence-corrected chi connectivity index (χ3v) is 3.23. The van der Waals surface area contributed by atoms with E-state index in [4.69, 9.17) is 0 Å². The van der Waals surface area contributed by atoms with Gasteiger partial charge in [-0.05, 0) is 12.1 Å². The van der Waals surface area contributed by atoms with Gasteiger partial charge in [-0.25, -0.2) is 10.2 Å². The third kappa shape index (κ3) is 4.37. The Morgan fingerprint density at radius 1 is 1.42 bits per heavy atom. The van der Waals surface area contributed by atoms with Crippen LogP contribution in [0.4, 0.5) is 23.7 Å². The molecule has 1 heterocycles. The summed E-state index contributed by atoms with van der Waals surface area (Å²) in [5.74, 6) is -0.280. The molecule has 1 aromatic rings. The summed E-state index contributed by atoms with van der Waals surface area (Å²) >= 11 is 0. The molecule has 0 unspecified atom stereocenters. The molecule has 2 rings (SSSR count). The number of alkyl halides is 3. The molecule has 0 radical (unpaired) electrons. The molecular formula is C14H15F3N4O3. The first-order valence-electron chi connectivity index (χ1n) is 6.96. The molecule has 1 aromatic carbocycles. The molecule has 0 aliphatic carbocycles. The number of hydrogen-bond acceptors (Lipinski definition) is 5. The van der Waals surface area contributed by atoms with Crippen molar-refractivity contribution < 1.29 is 27.5 Å². The van der Waals surface area contributed by atoms with Gasteiger partial charge in [0.2, 0.25) is 5.91 Å². The SMILES string of the molecule is CNC(=O)CCNc1ccc(C2=NNC(=O)OC2)cc1C(F)(F)F. The topological polar surface area (TPSA) is 91.8 Å². The van der Waals surface area contributed by atoms with Crippen molar-refractivity contribution in [2.75, 3.05) is 25.5 Å². The average molecular weight is 344 g/mol. The molecule has 10 heteroatoms. The molecular weight excluding hydrogens is 329 g/mol. The number of carbonyl (C=O) groups excluding carboxylic acids is 2. The van der Waals surface area contributed by atoms with Crippen LogP contribution in [-0.2, 0) is 15.7 Å². The minimum absolute atomic E-state index is 0.0438. The van der Waals surface area contributed by atoms with Gasteiger partial charge in [-0.3, -0.25) is 4.79 Å². The molecule has 7 nitrogen and oxygen atoms in total. The molecule has 0 bridgehead atoms. The van der Waals surface area contributed by atoms with Crippen LogP contribution in [0.1, 0.15) is 17.5 Å². The summed E-state index contributed by atoms with van der Waals surface area (Å²) in [5.41, 5.74) is 1.37. The monoisotopic (exact) mass is 344 g/mol. The maximum atomic E-state index is 13.2. The van der Waals surface area contributed by atoms with E-state index in [-0.39, 0.29) is 42.4 Å². The Kier molecular flexibility index (Phi) is 5.27. The van der Waals surface area contributed by atoms with Gasteiger partial charge in [0.1, 0.15) is 12.3 Å². The summed E-state index contributed by atoms with van der Waals surface area (Å²) in [4.78, 5) is 22.0. The van der Waals surface area contributed by atoms with Gasteiger partial charge in [-0.1, -0.05) is 6.07 Å². The molecule has 1 aliphatic heterocycles. The lowest BCUT2D eigenvalue weighted by Gasteiger charge is -2.18. The zero-order valence-corrected chi connectivity index (χ0v) is 12.7. The van der Waals surface area contributed by atoms with Crippen LogP contribution in [0.3, 0.4) is 0 Å². The molecule has 0 fully saturated rings. The quantitative estimate of drug-likeness (QED) is 0.758. The van der Waals surface area contributed by atoms with Crippen molar-refractivity contribution in [2.45, 2.75) is 12.6 Å². The lowest BCUT2D eigenvalue weighted by atomic mass is 10.0. The number of carbonyl (C=O) groups is 2. The van der Waals surface area contributed by atoms with Gasteiger partial charge >= 0.3 is 12.3 Å². The second-order valence-electron chi connectivity index (χ2n) is 4.85. The summed E-state index contributed by atoms with van der Waals surface area (Å²) in [6, 6.07) is 3.60. The van der Waals surface area contributed by atoms with Crippen LogP contribution < -0.4 is 16.1 Å². The fourth-order valence-corrected chi connectivity index (χ4v) is 2.01. The summed E-state index contributed by atoms with van der Waals surface area (Å²) in [7, 11) is 1.45. The first kappa shape index (κ1) is 17.6. The Morgan fingerprint density at radius 3 is 2.75 bits per heavy atom. The highest BCUT2D eigenvalue weighted by molar-refractivity contribution is 6.04. The van der Waals surface area contributed by atoms with Gasteiger partial charge in [0.05, 0.1) is 5.56 Å². The Morgan fingerprint density at radius 2 is 2.17 bits per heavy atom. The van der Waals surface area contributed by atoms with Crippen molar-refractivity contribution in [1.29, 1.82) is 0 Å². The van der Waals surface area contributed by atoms with Gasteiger partial charge < -0.3 is 15.4 Å². The second kappa shape index (κ2) is 7.20. The van der Waals surface area contributed by atoms with Crippen LogP contribution >= 0.6 is 0 Å². The zero-order chi connectivity index (χ0) is 17.7. The summed E-state index contributed by atoms with van der Waals surface area (Å²) in [6.45, 7) is -0.158. The van der Waals surface area contributed by atoms with Crippen LogP contribution in [0, 0.1) is 0 Å². The van der Waals surface area contributed by atoms with E-state index in [1.54, 1.807) is 0 Å². The molecule has 130 valence electrons. The molecule has 2 amide bonds. The van der Waals surface area contributed by atoms with E-state index in [1.165, 1.54) is 19.2 Å². The molecule has 0 atom stereocenters. The van der Waals surface area contributed by atoms with Gasteiger partial charge in [0, 0.05) is 31.3 Å². The molecule has 24 heavy (non-hydrogen) atoms. The van der Waals surface area contributed by atoms with Crippen LogP contribution in [0.25, 0.3) is 0 Å². The minimum atomic E-state index is -4.59. The largest absolute Gasteiger partial charge is 0.442 e. The Hall–Kier alpha value is -2.78. The summed E-state index contributed by atoms with van der Waals surface area (Å²) in [5, 5.41) is 8.67. The number of ether oxygens (including phenoxy) is 1. The fourth-order valence-electron chi connectivity index (χ4n) is 2.01. The predicted molar refractivity (Wildman–Crippen MR) is 79.6 cm³/mol. The number of anilines is 1. The van der Waals surface area contributed by atoms with Crippen molar-refractivity contribution in [1.82, 2.24) is 10.7 Å². The number of nitrogens with one attached hydrogen (secondary N) is 3.